The van der Waals surface area contributed by atoms with Gasteiger partial charge in [0.15, 0.2) is 5.43 Å². The summed E-state index contributed by atoms with van der Waals surface area (Å²) < 4.78 is 41.4. The third kappa shape index (κ3) is 3.62. The Morgan fingerprint density at radius 3 is 2.42 bits per heavy atom. The van der Waals surface area contributed by atoms with Crippen LogP contribution in [0.1, 0.15) is 16.8 Å². The maximum atomic E-state index is 12.8. The number of ether oxygens (including phenoxy) is 1. The van der Waals surface area contributed by atoms with E-state index in [-0.39, 0.29) is 23.0 Å². The quantitative estimate of drug-likeness (QED) is 0.667. The number of pyridine rings is 1. The normalized spacial score (nSPS) is 11.7. The molecule has 0 amide bonds. The van der Waals surface area contributed by atoms with Gasteiger partial charge in [0.25, 0.3) is 0 Å². The van der Waals surface area contributed by atoms with E-state index in [9.17, 15) is 23.2 Å². The molecule has 0 aliphatic rings. The summed E-state index contributed by atoms with van der Waals surface area (Å²) in [6.07, 6.45) is -4.62. The molecule has 136 valence electrons. The first-order valence-electron chi connectivity index (χ1n) is 7.53. The molecule has 1 heterocycles. The average Bonchev–Trinajstić information content (AvgIpc) is 2.57. The molecule has 0 fully saturated rings. The van der Waals surface area contributed by atoms with Crippen LogP contribution < -0.4 is 10.2 Å². The van der Waals surface area contributed by atoms with Crippen molar-refractivity contribution < 1.29 is 23.1 Å². The van der Waals surface area contributed by atoms with Gasteiger partial charge in [0, 0.05) is 17.0 Å². The van der Waals surface area contributed by atoms with Gasteiger partial charge in [0.05, 0.1) is 16.6 Å². The minimum Gasteiger partial charge on any atom is -0.428 e. The SMILES string of the molecule is Cc1c(Cc2ccc(OC(F)(F)F)cc2)c(=O)c2cc(Cl)ccc2n1O. The van der Waals surface area contributed by atoms with E-state index in [0.717, 1.165) is 4.73 Å². The Labute approximate surface area is 151 Å². The lowest BCUT2D eigenvalue weighted by Gasteiger charge is -2.13. The second-order valence-electron chi connectivity index (χ2n) is 5.73. The molecule has 1 N–H and O–H groups in total. The van der Waals surface area contributed by atoms with Crippen LogP contribution in [0.4, 0.5) is 13.2 Å². The monoisotopic (exact) mass is 383 g/mol. The number of rotatable bonds is 3. The zero-order chi connectivity index (χ0) is 19.1. The Bertz CT molecular complexity index is 1030. The fourth-order valence-corrected chi connectivity index (χ4v) is 2.90. The highest BCUT2D eigenvalue weighted by Gasteiger charge is 2.31. The Hall–Kier alpha value is -2.67. The summed E-state index contributed by atoms with van der Waals surface area (Å²) in [6, 6.07) is 9.79. The molecule has 0 aliphatic carbocycles. The van der Waals surface area contributed by atoms with Crippen molar-refractivity contribution in [3.8, 4) is 5.75 Å². The second kappa shape index (κ2) is 6.57. The number of hydrogen-bond donors (Lipinski definition) is 1. The zero-order valence-corrected chi connectivity index (χ0v) is 14.2. The van der Waals surface area contributed by atoms with Gasteiger partial charge in [-0.05, 0) is 42.8 Å². The Morgan fingerprint density at radius 1 is 1.15 bits per heavy atom. The van der Waals surface area contributed by atoms with Crippen LogP contribution in [-0.4, -0.2) is 16.3 Å². The molecule has 0 saturated heterocycles. The van der Waals surface area contributed by atoms with Crippen molar-refractivity contribution >= 4 is 22.5 Å². The highest BCUT2D eigenvalue weighted by molar-refractivity contribution is 6.31. The minimum atomic E-state index is -4.76. The molecule has 0 spiro atoms. The summed E-state index contributed by atoms with van der Waals surface area (Å²) in [5, 5.41) is 10.9. The molecular formula is C18H13ClF3NO3. The molecule has 0 saturated carbocycles. The van der Waals surface area contributed by atoms with Gasteiger partial charge < -0.3 is 9.94 Å². The molecule has 4 nitrogen and oxygen atoms in total. The molecule has 0 radical (unpaired) electrons. The van der Waals surface area contributed by atoms with E-state index in [2.05, 4.69) is 4.74 Å². The highest BCUT2D eigenvalue weighted by atomic mass is 35.5. The number of hydrogen-bond acceptors (Lipinski definition) is 3. The maximum Gasteiger partial charge on any atom is 0.573 e. The first-order chi connectivity index (χ1) is 12.2. The van der Waals surface area contributed by atoms with Crippen LogP contribution in [0.25, 0.3) is 10.9 Å². The largest absolute Gasteiger partial charge is 0.573 e. The van der Waals surface area contributed by atoms with Gasteiger partial charge in [0.1, 0.15) is 5.75 Å². The first kappa shape index (κ1) is 18.1. The van der Waals surface area contributed by atoms with E-state index in [0.29, 0.717) is 27.4 Å². The number of fused-ring (bicyclic) bond motifs is 1. The molecule has 0 atom stereocenters. The molecule has 0 bridgehead atoms. The molecule has 8 heteroatoms. The van der Waals surface area contributed by atoms with Gasteiger partial charge in [0.2, 0.25) is 0 Å². The fraction of sp³-hybridized carbons (Fsp3) is 0.167. The van der Waals surface area contributed by atoms with Gasteiger partial charge in [-0.1, -0.05) is 23.7 Å². The van der Waals surface area contributed by atoms with E-state index in [1.54, 1.807) is 19.1 Å². The lowest BCUT2D eigenvalue weighted by molar-refractivity contribution is -0.274. The van der Waals surface area contributed by atoms with Crippen molar-refractivity contribution in [2.24, 2.45) is 0 Å². The third-order valence-corrected chi connectivity index (χ3v) is 4.23. The van der Waals surface area contributed by atoms with Gasteiger partial charge in [-0.15, -0.1) is 13.2 Å². The number of nitrogens with zero attached hydrogens (tertiary/aromatic N) is 1. The molecule has 2 aromatic carbocycles. The lowest BCUT2D eigenvalue weighted by atomic mass is 10.0. The first-order valence-corrected chi connectivity index (χ1v) is 7.91. The summed E-state index contributed by atoms with van der Waals surface area (Å²) in [5.41, 5.74) is 1.31. The topological polar surface area (TPSA) is 51.5 Å². The standard InChI is InChI=1S/C18H13ClF3NO3/c1-10-14(8-11-2-5-13(6-3-11)26-18(20,21)22)17(24)15-9-12(19)4-7-16(15)23(10)25/h2-7,9,25H,8H2,1H3. The number of benzene rings is 2. The van der Waals surface area contributed by atoms with Crippen LogP contribution in [0.2, 0.25) is 5.02 Å². The number of alkyl halides is 3. The predicted molar refractivity (Wildman–Crippen MR) is 91.1 cm³/mol. The van der Waals surface area contributed by atoms with Crippen molar-refractivity contribution in [2.45, 2.75) is 19.7 Å². The van der Waals surface area contributed by atoms with Crippen LogP contribution in [0, 0.1) is 6.92 Å². The Balaban J connectivity index is 2.00. The van der Waals surface area contributed by atoms with Gasteiger partial charge in [-0.25, -0.2) is 0 Å². The van der Waals surface area contributed by atoms with E-state index in [1.165, 1.54) is 30.3 Å². The van der Waals surface area contributed by atoms with Crippen LogP contribution >= 0.6 is 11.6 Å². The van der Waals surface area contributed by atoms with E-state index >= 15 is 0 Å². The van der Waals surface area contributed by atoms with Crippen LogP contribution in [0.3, 0.4) is 0 Å². The average molecular weight is 384 g/mol. The third-order valence-electron chi connectivity index (χ3n) is 4.00. The van der Waals surface area contributed by atoms with Crippen LogP contribution in [0.15, 0.2) is 47.3 Å². The van der Waals surface area contributed by atoms with Crippen molar-refractivity contribution in [1.29, 1.82) is 0 Å². The highest BCUT2D eigenvalue weighted by Crippen LogP contribution is 2.24. The van der Waals surface area contributed by atoms with Crippen molar-refractivity contribution in [1.82, 2.24) is 4.73 Å². The summed E-state index contributed by atoms with van der Waals surface area (Å²) in [7, 11) is 0. The fourth-order valence-electron chi connectivity index (χ4n) is 2.73. The Morgan fingerprint density at radius 2 is 1.81 bits per heavy atom. The molecular weight excluding hydrogens is 371 g/mol. The Kier molecular flexibility index (Phi) is 4.58. The summed E-state index contributed by atoms with van der Waals surface area (Å²) in [5.74, 6) is -0.345. The molecule has 0 unspecified atom stereocenters. The predicted octanol–water partition coefficient (Wildman–Crippen LogP) is 4.69. The van der Waals surface area contributed by atoms with Crippen molar-refractivity contribution in [3.05, 3.63) is 74.5 Å². The van der Waals surface area contributed by atoms with Crippen molar-refractivity contribution in [2.75, 3.05) is 0 Å². The molecule has 0 aliphatic heterocycles. The molecule has 26 heavy (non-hydrogen) atoms. The van der Waals surface area contributed by atoms with Crippen LogP contribution in [-0.2, 0) is 6.42 Å². The molecule has 3 rings (SSSR count). The summed E-state index contributed by atoms with van der Waals surface area (Å²) >= 11 is 5.93. The van der Waals surface area contributed by atoms with E-state index < -0.39 is 6.36 Å². The van der Waals surface area contributed by atoms with E-state index in [4.69, 9.17) is 11.6 Å². The number of aromatic nitrogens is 1. The van der Waals surface area contributed by atoms with Gasteiger partial charge in [-0.3, -0.25) is 4.79 Å². The second-order valence-corrected chi connectivity index (χ2v) is 6.17. The molecule has 3 aromatic rings. The molecule has 1 aromatic heterocycles. The zero-order valence-electron chi connectivity index (χ0n) is 13.5. The lowest BCUT2D eigenvalue weighted by Crippen LogP contribution is -2.18. The minimum absolute atomic E-state index is 0.139. The maximum absolute atomic E-state index is 12.8. The number of halogens is 4. The van der Waals surface area contributed by atoms with Gasteiger partial charge >= 0.3 is 6.36 Å². The summed E-state index contributed by atoms with van der Waals surface area (Å²) in [4.78, 5) is 12.8. The van der Waals surface area contributed by atoms with Gasteiger partial charge in [-0.2, -0.15) is 4.73 Å². The van der Waals surface area contributed by atoms with Crippen LogP contribution in [0.5, 0.6) is 5.75 Å². The van der Waals surface area contributed by atoms with E-state index in [1.807, 2.05) is 0 Å². The smallest absolute Gasteiger partial charge is 0.428 e. The summed E-state index contributed by atoms with van der Waals surface area (Å²) in [6.45, 7) is 1.59. The van der Waals surface area contributed by atoms with Crippen molar-refractivity contribution in [3.63, 3.8) is 0 Å².